The molecular weight excluding hydrogens is 269 g/mol. The molecule has 1 heterocycles. The third-order valence-corrected chi connectivity index (χ3v) is 3.40. The second-order valence-corrected chi connectivity index (χ2v) is 6.20. The molecule has 2 aromatic rings. The molecule has 2 N–H and O–H groups in total. The van der Waals surface area contributed by atoms with Gasteiger partial charge in [0, 0.05) is 12.0 Å². The van der Waals surface area contributed by atoms with Crippen LogP contribution in [-0.4, -0.2) is 9.36 Å². The smallest absolute Gasteiger partial charge is 0.294 e. The highest BCUT2D eigenvalue weighted by molar-refractivity contribution is 5.48. The SMILES string of the molecule is CCCn1c(C(C)(C)C)c(N)c(=O)n1-c1ccccc1F. The average Bonchev–Trinajstić information content (AvgIpc) is 2.63. The lowest BCUT2D eigenvalue weighted by Crippen LogP contribution is -2.25. The highest BCUT2D eigenvalue weighted by atomic mass is 19.1. The van der Waals surface area contributed by atoms with Crippen molar-refractivity contribution in [2.24, 2.45) is 0 Å². The molecule has 0 fully saturated rings. The number of para-hydroxylation sites is 1. The van der Waals surface area contributed by atoms with E-state index in [1.54, 1.807) is 22.9 Å². The van der Waals surface area contributed by atoms with Gasteiger partial charge < -0.3 is 5.73 Å². The van der Waals surface area contributed by atoms with Crippen molar-refractivity contribution in [2.75, 3.05) is 5.73 Å². The minimum Gasteiger partial charge on any atom is -0.393 e. The van der Waals surface area contributed by atoms with E-state index in [1.165, 1.54) is 10.7 Å². The van der Waals surface area contributed by atoms with Crippen LogP contribution in [0.15, 0.2) is 29.1 Å². The molecule has 0 spiro atoms. The molecular formula is C16H22FN3O. The van der Waals surface area contributed by atoms with E-state index < -0.39 is 5.82 Å². The summed E-state index contributed by atoms with van der Waals surface area (Å²) in [4.78, 5) is 12.5. The van der Waals surface area contributed by atoms with Gasteiger partial charge in [-0.1, -0.05) is 39.8 Å². The Labute approximate surface area is 124 Å². The van der Waals surface area contributed by atoms with E-state index in [-0.39, 0.29) is 22.3 Å². The number of nitrogens with two attached hydrogens (primary N) is 1. The average molecular weight is 291 g/mol. The summed E-state index contributed by atoms with van der Waals surface area (Å²) < 4.78 is 17.3. The Morgan fingerprint density at radius 2 is 1.86 bits per heavy atom. The van der Waals surface area contributed by atoms with Gasteiger partial charge in [-0.2, -0.15) is 0 Å². The van der Waals surface area contributed by atoms with E-state index in [9.17, 15) is 9.18 Å². The van der Waals surface area contributed by atoms with E-state index in [0.29, 0.717) is 6.54 Å². The minimum atomic E-state index is -0.435. The van der Waals surface area contributed by atoms with Crippen molar-refractivity contribution in [3.63, 3.8) is 0 Å². The molecule has 1 aromatic carbocycles. The van der Waals surface area contributed by atoms with Crippen molar-refractivity contribution in [1.82, 2.24) is 9.36 Å². The molecule has 0 atom stereocenters. The molecule has 1 aromatic heterocycles. The highest BCUT2D eigenvalue weighted by Gasteiger charge is 2.28. The lowest BCUT2D eigenvalue weighted by molar-refractivity contribution is 0.446. The summed E-state index contributed by atoms with van der Waals surface area (Å²) in [6.45, 7) is 8.61. The molecule has 0 radical (unpaired) electrons. The zero-order valence-electron chi connectivity index (χ0n) is 13.0. The van der Waals surface area contributed by atoms with Crippen molar-refractivity contribution in [1.29, 1.82) is 0 Å². The Hall–Kier alpha value is -2.04. The van der Waals surface area contributed by atoms with Crippen LogP contribution in [0.4, 0.5) is 10.1 Å². The molecule has 0 aliphatic heterocycles. The predicted octanol–water partition coefficient (Wildman–Crippen LogP) is 3.07. The number of nitrogens with zero attached hydrogens (tertiary/aromatic N) is 2. The molecule has 21 heavy (non-hydrogen) atoms. The Morgan fingerprint density at radius 1 is 1.24 bits per heavy atom. The zero-order valence-corrected chi connectivity index (χ0v) is 13.0. The van der Waals surface area contributed by atoms with Crippen LogP contribution in [0, 0.1) is 5.82 Å². The number of anilines is 1. The number of rotatable bonds is 3. The summed E-state index contributed by atoms with van der Waals surface area (Å²) in [5.74, 6) is -0.435. The topological polar surface area (TPSA) is 52.9 Å². The predicted molar refractivity (Wildman–Crippen MR) is 83.4 cm³/mol. The maximum absolute atomic E-state index is 14.1. The second kappa shape index (κ2) is 5.39. The normalized spacial score (nSPS) is 11.9. The van der Waals surface area contributed by atoms with E-state index >= 15 is 0 Å². The Morgan fingerprint density at radius 3 is 2.38 bits per heavy atom. The van der Waals surface area contributed by atoms with E-state index in [0.717, 1.165) is 12.1 Å². The zero-order chi connectivity index (χ0) is 15.8. The molecule has 2 rings (SSSR count). The first-order valence-electron chi connectivity index (χ1n) is 7.15. The molecule has 0 amide bonds. The first kappa shape index (κ1) is 15.4. The number of aromatic nitrogens is 2. The van der Waals surface area contributed by atoms with E-state index in [1.807, 2.05) is 27.7 Å². The lowest BCUT2D eigenvalue weighted by atomic mass is 9.91. The van der Waals surface area contributed by atoms with Crippen LogP contribution in [0.25, 0.3) is 5.69 Å². The number of hydrogen-bond acceptors (Lipinski definition) is 2. The summed E-state index contributed by atoms with van der Waals surface area (Å²) >= 11 is 0. The summed E-state index contributed by atoms with van der Waals surface area (Å²) in [7, 11) is 0. The molecule has 114 valence electrons. The van der Waals surface area contributed by atoms with Crippen molar-refractivity contribution >= 4 is 5.69 Å². The first-order chi connectivity index (χ1) is 9.79. The van der Waals surface area contributed by atoms with Gasteiger partial charge in [0.1, 0.15) is 17.2 Å². The van der Waals surface area contributed by atoms with Crippen LogP contribution >= 0.6 is 0 Å². The van der Waals surface area contributed by atoms with Gasteiger partial charge in [-0.15, -0.1) is 0 Å². The fraction of sp³-hybridized carbons (Fsp3) is 0.438. The van der Waals surface area contributed by atoms with Crippen LogP contribution in [0.2, 0.25) is 0 Å². The van der Waals surface area contributed by atoms with Gasteiger partial charge in [0.2, 0.25) is 0 Å². The minimum absolute atomic E-state index is 0.194. The maximum Gasteiger partial charge on any atom is 0.294 e. The molecule has 5 heteroatoms. The Kier molecular flexibility index (Phi) is 3.94. The van der Waals surface area contributed by atoms with Crippen molar-refractivity contribution in [3.8, 4) is 5.69 Å². The van der Waals surface area contributed by atoms with Crippen molar-refractivity contribution in [2.45, 2.75) is 46.1 Å². The summed E-state index contributed by atoms with van der Waals surface area (Å²) in [5.41, 5.74) is 6.55. The van der Waals surface area contributed by atoms with Gasteiger partial charge in [-0.25, -0.2) is 9.07 Å². The highest BCUT2D eigenvalue weighted by Crippen LogP contribution is 2.28. The van der Waals surface area contributed by atoms with Crippen LogP contribution in [0.1, 0.15) is 39.8 Å². The fourth-order valence-corrected chi connectivity index (χ4v) is 2.64. The van der Waals surface area contributed by atoms with Gasteiger partial charge in [-0.3, -0.25) is 9.48 Å². The van der Waals surface area contributed by atoms with E-state index in [4.69, 9.17) is 5.73 Å². The third-order valence-electron chi connectivity index (χ3n) is 3.40. The van der Waals surface area contributed by atoms with E-state index in [2.05, 4.69) is 0 Å². The second-order valence-electron chi connectivity index (χ2n) is 6.20. The van der Waals surface area contributed by atoms with Gasteiger partial charge >= 0.3 is 0 Å². The largest absolute Gasteiger partial charge is 0.393 e. The quantitative estimate of drug-likeness (QED) is 0.945. The molecule has 4 nitrogen and oxygen atoms in total. The number of nitrogen functional groups attached to an aromatic ring is 1. The Bertz CT molecular complexity index is 707. The van der Waals surface area contributed by atoms with Crippen LogP contribution < -0.4 is 11.3 Å². The van der Waals surface area contributed by atoms with Crippen LogP contribution in [0.5, 0.6) is 0 Å². The monoisotopic (exact) mass is 291 g/mol. The number of halogens is 1. The van der Waals surface area contributed by atoms with Crippen LogP contribution in [0.3, 0.4) is 0 Å². The fourth-order valence-electron chi connectivity index (χ4n) is 2.64. The van der Waals surface area contributed by atoms with Gasteiger partial charge in [0.25, 0.3) is 5.56 Å². The number of hydrogen-bond donors (Lipinski definition) is 1. The maximum atomic E-state index is 14.1. The summed E-state index contributed by atoms with van der Waals surface area (Å²) in [6.07, 6.45) is 0.824. The van der Waals surface area contributed by atoms with Crippen molar-refractivity contribution in [3.05, 3.63) is 46.1 Å². The first-order valence-corrected chi connectivity index (χ1v) is 7.15. The molecule has 0 aliphatic carbocycles. The van der Waals surface area contributed by atoms with Gasteiger partial charge in [0.15, 0.2) is 0 Å². The summed E-state index contributed by atoms with van der Waals surface area (Å²) in [6, 6.07) is 6.25. The van der Waals surface area contributed by atoms with Crippen LogP contribution in [-0.2, 0) is 12.0 Å². The standard InChI is InChI=1S/C16H22FN3O/c1-5-10-19-14(16(2,3)4)13(18)15(21)20(19)12-9-7-6-8-11(12)17/h6-9H,5,10,18H2,1-4H3. The van der Waals surface area contributed by atoms with Gasteiger partial charge in [0.05, 0.1) is 5.69 Å². The lowest BCUT2D eigenvalue weighted by Gasteiger charge is -2.23. The summed E-state index contributed by atoms with van der Waals surface area (Å²) in [5, 5.41) is 0. The molecule has 0 unspecified atom stereocenters. The molecule has 0 aliphatic rings. The molecule has 0 saturated heterocycles. The van der Waals surface area contributed by atoms with Crippen molar-refractivity contribution < 1.29 is 4.39 Å². The molecule has 0 saturated carbocycles. The molecule has 0 bridgehead atoms. The third kappa shape index (κ3) is 2.60. The number of benzene rings is 1. The Balaban J connectivity index is 2.84. The van der Waals surface area contributed by atoms with Gasteiger partial charge in [-0.05, 0) is 18.6 Å².